The molecule has 47 heavy (non-hydrogen) atoms. The SMILES string of the molecule is C=C(F)C(=O)N1CCN(c2nc(OCC3CCCN3C)nc3cc(-c4c(Cl)c(Cl)cc5[nH]ncc45)c4c(c23)OCCC4)C[C@@H]1CC#N. The van der Waals surface area contributed by atoms with E-state index < -0.39 is 17.8 Å². The van der Waals surface area contributed by atoms with Crippen LogP contribution in [0.2, 0.25) is 10.0 Å². The lowest BCUT2D eigenvalue weighted by Gasteiger charge is -2.41. The fourth-order valence-electron chi connectivity index (χ4n) is 7.02. The molecule has 5 heterocycles. The summed E-state index contributed by atoms with van der Waals surface area (Å²) in [5.41, 5.74) is 3.84. The van der Waals surface area contributed by atoms with E-state index in [9.17, 15) is 14.4 Å². The van der Waals surface area contributed by atoms with Crippen LogP contribution in [0.3, 0.4) is 0 Å². The highest BCUT2D eigenvalue weighted by Gasteiger charge is 2.35. The quantitative estimate of drug-likeness (QED) is 0.246. The molecule has 11 nitrogen and oxygen atoms in total. The Bertz CT molecular complexity index is 1950. The monoisotopic (exact) mass is 678 g/mol. The number of amides is 1. The van der Waals surface area contributed by atoms with E-state index in [2.05, 4.69) is 34.8 Å². The van der Waals surface area contributed by atoms with E-state index in [4.69, 9.17) is 42.6 Å². The molecule has 3 aliphatic heterocycles. The van der Waals surface area contributed by atoms with Gasteiger partial charge < -0.3 is 24.2 Å². The molecule has 2 saturated heterocycles. The standard InChI is InChI=1S/C33H33Cl2FN8O3/c1-18(36)32(45)44-11-10-43(16-19(44)7-8-37)31-28-26(39-33(40-31)47-17-20-5-3-9-42(20)2)13-22(21-6-4-12-46-30(21)28)27-23-15-38-41-25(23)14-24(34)29(27)35/h13-15,19-20H,1,3-7,9-12,16-17H2,2H3,(H,38,41)/t19-,20?/m0/s1. The van der Waals surface area contributed by atoms with Gasteiger partial charge in [0.25, 0.3) is 5.91 Å². The van der Waals surface area contributed by atoms with Crippen LogP contribution < -0.4 is 14.4 Å². The molecule has 0 aliphatic carbocycles. The van der Waals surface area contributed by atoms with Gasteiger partial charge in [-0.1, -0.05) is 29.8 Å². The molecule has 3 aliphatic rings. The molecule has 7 rings (SSSR count). The van der Waals surface area contributed by atoms with E-state index in [0.29, 0.717) is 58.7 Å². The average Bonchev–Trinajstić information content (AvgIpc) is 3.71. The smallest absolute Gasteiger partial charge is 0.319 e. The molecule has 4 aromatic rings. The van der Waals surface area contributed by atoms with Crippen LogP contribution in [0.5, 0.6) is 11.8 Å². The second kappa shape index (κ2) is 12.8. The number of likely N-dealkylation sites (N-methyl/N-ethyl adjacent to an activating group) is 1. The lowest BCUT2D eigenvalue weighted by molar-refractivity contribution is -0.131. The van der Waals surface area contributed by atoms with Crippen molar-refractivity contribution in [3.8, 4) is 29.0 Å². The Labute approximate surface area is 280 Å². The lowest BCUT2D eigenvalue weighted by atomic mass is 9.90. The van der Waals surface area contributed by atoms with Crippen LogP contribution in [0.1, 0.15) is 31.2 Å². The molecule has 1 N–H and O–H groups in total. The fraction of sp³-hybridized carbons (Fsp3) is 0.424. The van der Waals surface area contributed by atoms with Crippen molar-refractivity contribution in [2.75, 3.05) is 51.3 Å². The highest BCUT2D eigenvalue weighted by Crippen LogP contribution is 2.48. The third-order valence-electron chi connectivity index (χ3n) is 9.41. The van der Waals surface area contributed by atoms with Gasteiger partial charge >= 0.3 is 6.01 Å². The maximum Gasteiger partial charge on any atom is 0.319 e. The highest BCUT2D eigenvalue weighted by atomic mass is 35.5. The summed E-state index contributed by atoms with van der Waals surface area (Å²) in [7, 11) is 2.08. The number of fused-ring (bicyclic) bond motifs is 4. The zero-order valence-corrected chi connectivity index (χ0v) is 27.4. The first-order chi connectivity index (χ1) is 22.7. The van der Waals surface area contributed by atoms with E-state index in [1.54, 1.807) is 12.3 Å². The molecule has 2 fully saturated rings. The van der Waals surface area contributed by atoms with Gasteiger partial charge in [-0.3, -0.25) is 9.89 Å². The van der Waals surface area contributed by atoms with Gasteiger partial charge in [-0.15, -0.1) is 0 Å². The maximum atomic E-state index is 13.9. The zero-order valence-electron chi connectivity index (χ0n) is 25.9. The number of rotatable bonds is 7. The van der Waals surface area contributed by atoms with E-state index in [0.717, 1.165) is 53.4 Å². The summed E-state index contributed by atoms with van der Waals surface area (Å²) < 4.78 is 26.7. The molecule has 2 aromatic heterocycles. The largest absolute Gasteiger partial charge is 0.492 e. The minimum atomic E-state index is -1.05. The first kappa shape index (κ1) is 31.4. The van der Waals surface area contributed by atoms with Gasteiger partial charge in [0, 0.05) is 42.2 Å². The summed E-state index contributed by atoms with van der Waals surface area (Å²) in [6.07, 6.45) is 5.37. The number of carbonyl (C=O) groups excluding carboxylic acids is 1. The predicted octanol–water partition coefficient (Wildman–Crippen LogP) is 5.69. The third-order valence-corrected chi connectivity index (χ3v) is 10.2. The number of aromatic nitrogens is 4. The Kier molecular flexibility index (Phi) is 8.55. The molecular weight excluding hydrogens is 646 g/mol. The Morgan fingerprint density at radius 1 is 1.23 bits per heavy atom. The number of piperazine rings is 1. The van der Waals surface area contributed by atoms with E-state index in [-0.39, 0.29) is 31.6 Å². The number of nitriles is 1. The normalized spacial score (nSPS) is 19.9. The average molecular weight is 680 g/mol. The van der Waals surface area contributed by atoms with Gasteiger partial charge in [-0.25, -0.2) is 4.39 Å². The molecule has 2 aromatic carbocycles. The number of hydrogen-bond donors (Lipinski definition) is 1. The molecule has 0 spiro atoms. The van der Waals surface area contributed by atoms with Crippen LogP contribution >= 0.6 is 23.2 Å². The number of nitrogens with one attached hydrogen (secondary N) is 1. The number of likely N-dealkylation sites (tertiary alicyclic amines) is 1. The van der Waals surface area contributed by atoms with Crippen LogP contribution in [-0.4, -0.2) is 94.4 Å². The van der Waals surface area contributed by atoms with Gasteiger partial charge in [0.2, 0.25) is 0 Å². The minimum Gasteiger partial charge on any atom is -0.492 e. The molecule has 0 saturated carbocycles. The van der Waals surface area contributed by atoms with Crippen molar-refractivity contribution in [1.29, 1.82) is 5.26 Å². The van der Waals surface area contributed by atoms with Gasteiger partial charge in [-0.05, 0) is 57.0 Å². The van der Waals surface area contributed by atoms with E-state index in [1.807, 2.05) is 11.0 Å². The number of anilines is 1. The van der Waals surface area contributed by atoms with Crippen LogP contribution in [0.25, 0.3) is 32.9 Å². The molecular formula is C33H33Cl2FN8O3. The van der Waals surface area contributed by atoms with Crippen molar-refractivity contribution in [2.24, 2.45) is 0 Å². The minimum absolute atomic E-state index is 0.0165. The summed E-state index contributed by atoms with van der Waals surface area (Å²) in [5.74, 6) is -0.658. The molecule has 0 bridgehead atoms. The molecule has 244 valence electrons. The Hall–Kier alpha value is -4.18. The maximum absolute atomic E-state index is 13.9. The Morgan fingerprint density at radius 3 is 2.85 bits per heavy atom. The van der Waals surface area contributed by atoms with Crippen molar-refractivity contribution >= 4 is 56.7 Å². The zero-order chi connectivity index (χ0) is 32.8. The van der Waals surface area contributed by atoms with Crippen LogP contribution in [-0.2, 0) is 11.2 Å². The van der Waals surface area contributed by atoms with Crippen molar-refractivity contribution < 1.29 is 18.7 Å². The van der Waals surface area contributed by atoms with Gasteiger partial charge in [-0.2, -0.15) is 20.3 Å². The summed E-state index contributed by atoms with van der Waals surface area (Å²) in [6.45, 7) is 5.87. The third kappa shape index (κ3) is 5.70. The second-order valence-corrected chi connectivity index (χ2v) is 13.0. The number of aromatic amines is 1. The summed E-state index contributed by atoms with van der Waals surface area (Å²) in [4.78, 5) is 28.2. The second-order valence-electron chi connectivity index (χ2n) is 12.2. The number of hydrogen-bond acceptors (Lipinski definition) is 9. The number of halogens is 3. The van der Waals surface area contributed by atoms with Crippen molar-refractivity contribution in [3.63, 3.8) is 0 Å². The molecule has 1 unspecified atom stereocenters. The number of ether oxygens (including phenoxy) is 2. The van der Waals surface area contributed by atoms with Crippen LogP contribution in [0, 0.1) is 11.3 Å². The number of carbonyl (C=O) groups is 1. The number of benzene rings is 2. The van der Waals surface area contributed by atoms with Gasteiger partial charge in [0.1, 0.15) is 18.2 Å². The summed E-state index contributed by atoms with van der Waals surface area (Å²) >= 11 is 13.5. The number of H-pyrrole nitrogens is 1. The van der Waals surface area contributed by atoms with Crippen molar-refractivity contribution in [2.45, 2.75) is 44.2 Å². The fourth-order valence-corrected chi connectivity index (χ4v) is 7.48. The van der Waals surface area contributed by atoms with Gasteiger partial charge in [0.05, 0.1) is 57.8 Å². The summed E-state index contributed by atoms with van der Waals surface area (Å²) in [5, 5.41) is 19.1. The predicted molar refractivity (Wildman–Crippen MR) is 178 cm³/mol. The van der Waals surface area contributed by atoms with Crippen molar-refractivity contribution in [1.82, 2.24) is 30.0 Å². The Balaban J connectivity index is 1.40. The molecule has 0 radical (unpaired) electrons. The molecule has 14 heteroatoms. The molecule has 1 amide bonds. The van der Waals surface area contributed by atoms with Crippen molar-refractivity contribution in [3.05, 3.63) is 46.3 Å². The van der Waals surface area contributed by atoms with Crippen LogP contribution in [0.15, 0.2) is 30.7 Å². The van der Waals surface area contributed by atoms with Crippen LogP contribution in [0.4, 0.5) is 10.2 Å². The summed E-state index contributed by atoms with van der Waals surface area (Å²) in [6, 6.07) is 5.74. The lowest BCUT2D eigenvalue weighted by Crippen LogP contribution is -2.55. The highest BCUT2D eigenvalue weighted by molar-refractivity contribution is 6.45. The first-order valence-electron chi connectivity index (χ1n) is 15.7. The van der Waals surface area contributed by atoms with E-state index in [1.165, 1.54) is 4.90 Å². The number of nitrogens with zero attached hydrogens (tertiary/aromatic N) is 7. The Morgan fingerprint density at radius 2 is 2.09 bits per heavy atom. The van der Waals surface area contributed by atoms with Gasteiger partial charge in [0.15, 0.2) is 5.83 Å². The van der Waals surface area contributed by atoms with E-state index >= 15 is 0 Å². The first-order valence-corrected chi connectivity index (χ1v) is 16.4. The topological polar surface area (TPSA) is 124 Å². The molecule has 2 atom stereocenters.